The maximum absolute atomic E-state index is 10.4. The Morgan fingerprint density at radius 3 is 2.10 bits per heavy atom. The largest absolute Gasteiger partial charge is 0.481 e. The number of carboxylic acids is 1. The van der Waals surface area contributed by atoms with Crippen molar-refractivity contribution in [3.8, 4) is 11.8 Å². The van der Waals surface area contributed by atoms with Crippen LogP contribution in [0.4, 0.5) is 0 Å². The number of carbonyl (C=O) groups is 1. The summed E-state index contributed by atoms with van der Waals surface area (Å²) in [5.41, 5.74) is 3.23. The molecule has 106 valence electrons. The van der Waals surface area contributed by atoms with E-state index in [2.05, 4.69) is 24.0 Å². The molecule has 0 spiro atoms. The van der Waals surface area contributed by atoms with Crippen molar-refractivity contribution >= 4 is 5.97 Å². The SMILES string of the molecule is O=C(O)CCCCc1ccc(C#Cc2ccccc2)cc1. The standard InChI is InChI=1S/C19H18O2/c20-19(21)9-5-4-8-17-11-14-18(15-12-17)13-10-16-6-2-1-3-7-16/h1-3,6-7,11-12,14-15H,4-5,8-9H2,(H,20,21). The Morgan fingerprint density at radius 2 is 1.48 bits per heavy atom. The van der Waals surface area contributed by atoms with Gasteiger partial charge in [-0.25, -0.2) is 0 Å². The summed E-state index contributed by atoms with van der Waals surface area (Å²) < 4.78 is 0. The zero-order valence-corrected chi connectivity index (χ0v) is 11.9. The molecule has 0 unspecified atom stereocenters. The zero-order chi connectivity index (χ0) is 14.9. The average Bonchev–Trinajstić information content (AvgIpc) is 2.51. The zero-order valence-electron chi connectivity index (χ0n) is 11.9. The summed E-state index contributed by atoms with van der Waals surface area (Å²) in [5.74, 6) is 5.55. The van der Waals surface area contributed by atoms with Crippen molar-refractivity contribution < 1.29 is 9.90 Å². The summed E-state index contributed by atoms with van der Waals surface area (Å²) in [6.07, 6.45) is 2.80. The highest BCUT2D eigenvalue weighted by molar-refractivity contribution is 5.66. The van der Waals surface area contributed by atoms with E-state index in [9.17, 15) is 4.79 Å². The van der Waals surface area contributed by atoms with E-state index in [0.29, 0.717) is 0 Å². The molecule has 0 heterocycles. The van der Waals surface area contributed by atoms with Crippen LogP contribution in [-0.4, -0.2) is 11.1 Å². The van der Waals surface area contributed by atoms with Gasteiger partial charge in [-0.2, -0.15) is 0 Å². The predicted octanol–water partition coefficient (Wildman–Crippen LogP) is 3.88. The maximum atomic E-state index is 10.4. The van der Waals surface area contributed by atoms with Crippen molar-refractivity contribution in [3.63, 3.8) is 0 Å². The Hall–Kier alpha value is -2.53. The van der Waals surface area contributed by atoms with Crippen molar-refractivity contribution in [1.29, 1.82) is 0 Å². The molecule has 2 rings (SSSR count). The van der Waals surface area contributed by atoms with Gasteiger partial charge in [0.2, 0.25) is 0 Å². The smallest absolute Gasteiger partial charge is 0.303 e. The van der Waals surface area contributed by atoms with Crippen LogP contribution in [0, 0.1) is 11.8 Å². The van der Waals surface area contributed by atoms with E-state index in [4.69, 9.17) is 5.11 Å². The topological polar surface area (TPSA) is 37.3 Å². The highest BCUT2D eigenvalue weighted by atomic mass is 16.4. The van der Waals surface area contributed by atoms with Crippen LogP contribution in [0.5, 0.6) is 0 Å². The Kier molecular flexibility index (Phi) is 5.60. The molecule has 2 nitrogen and oxygen atoms in total. The van der Waals surface area contributed by atoms with Crippen molar-refractivity contribution in [2.24, 2.45) is 0 Å². The summed E-state index contributed by atoms with van der Waals surface area (Å²) in [5, 5.41) is 8.58. The molecule has 0 saturated heterocycles. The lowest BCUT2D eigenvalue weighted by Crippen LogP contribution is -1.94. The third-order valence-corrected chi connectivity index (χ3v) is 3.18. The fraction of sp³-hybridized carbons (Fsp3) is 0.211. The van der Waals surface area contributed by atoms with Crippen LogP contribution in [0.2, 0.25) is 0 Å². The molecule has 0 saturated carbocycles. The summed E-state index contributed by atoms with van der Waals surface area (Å²) in [6, 6.07) is 18.1. The lowest BCUT2D eigenvalue weighted by Gasteiger charge is -2.00. The van der Waals surface area contributed by atoms with Crippen molar-refractivity contribution in [2.45, 2.75) is 25.7 Å². The Bertz CT molecular complexity index is 631. The van der Waals surface area contributed by atoms with E-state index in [1.54, 1.807) is 0 Å². The molecule has 1 N–H and O–H groups in total. The Balaban J connectivity index is 1.88. The molecule has 0 atom stereocenters. The molecule has 0 aliphatic carbocycles. The van der Waals surface area contributed by atoms with Gasteiger partial charge in [-0.1, -0.05) is 42.2 Å². The van der Waals surface area contributed by atoms with Crippen molar-refractivity contribution in [1.82, 2.24) is 0 Å². The molecule has 0 aromatic heterocycles. The van der Waals surface area contributed by atoms with Crippen LogP contribution < -0.4 is 0 Å². The van der Waals surface area contributed by atoms with Crippen LogP contribution in [0.15, 0.2) is 54.6 Å². The molecule has 2 aromatic rings. The quantitative estimate of drug-likeness (QED) is 0.665. The highest BCUT2D eigenvalue weighted by Gasteiger charge is 1.98. The number of hydrogen-bond donors (Lipinski definition) is 1. The second kappa shape index (κ2) is 7.91. The number of hydrogen-bond acceptors (Lipinski definition) is 1. The first-order valence-corrected chi connectivity index (χ1v) is 7.12. The van der Waals surface area contributed by atoms with Gasteiger partial charge >= 0.3 is 5.97 Å². The molecule has 0 fully saturated rings. The van der Waals surface area contributed by atoms with Crippen LogP contribution in [0.1, 0.15) is 36.0 Å². The molecular formula is C19H18O2. The van der Waals surface area contributed by atoms with Gasteiger partial charge in [0, 0.05) is 17.5 Å². The number of rotatable bonds is 5. The molecule has 0 amide bonds. The fourth-order valence-corrected chi connectivity index (χ4v) is 2.03. The number of carboxylic acid groups (broad SMARTS) is 1. The summed E-state index contributed by atoms with van der Waals surface area (Å²) in [6.45, 7) is 0. The summed E-state index contributed by atoms with van der Waals surface area (Å²) >= 11 is 0. The average molecular weight is 278 g/mol. The monoisotopic (exact) mass is 278 g/mol. The first-order valence-electron chi connectivity index (χ1n) is 7.12. The maximum Gasteiger partial charge on any atom is 0.303 e. The fourth-order valence-electron chi connectivity index (χ4n) is 2.03. The minimum Gasteiger partial charge on any atom is -0.481 e. The molecule has 2 aromatic carbocycles. The van der Waals surface area contributed by atoms with E-state index in [1.165, 1.54) is 5.56 Å². The minimum atomic E-state index is -0.721. The summed E-state index contributed by atoms with van der Waals surface area (Å²) in [7, 11) is 0. The number of unbranched alkanes of at least 4 members (excludes halogenated alkanes) is 1. The van der Waals surface area contributed by atoms with Gasteiger partial charge in [0.25, 0.3) is 0 Å². The van der Waals surface area contributed by atoms with Crippen molar-refractivity contribution in [2.75, 3.05) is 0 Å². The second-order valence-corrected chi connectivity index (χ2v) is 4.91. The van der Waals surface area contributed by atoms with Crippen LogP contribution >= 0.6 is 0 Å². The first-order chi connectivity index (χ1) is 10.2. The minimum absolute atomic E-state index is 0.251. The molecule has 21 heavy (non-hydrogen) atoms. The molecule has 0 radical (unpaired) electrons. The number of aryl methyl sites for hydroxylation is 1. The van der Waals surface area contributed by atoms with E-state index in [-0.39, 0.29) is 6.42 Å². The lowest BCUT2D eigenvalue weighted by atomic mass is 10.1. The number of benzene rings is 2. The van der Waals surface area contributed by atoms with E-state index in [0.717, 1.165) is 30.4 Å². The van der Waals surface area contributed by atoms with Crippen molar-refractivity contribution in [3.05, 3.63) is 71.3 Å². The first kappa shape index (κ1) is 14.9. The molecule has 2 heteroatoms. The van der Waals surface area contributed by atoms with Gasteiger partial charge in [-0.15, -0.1) is 0 Å². The normalized spacial score (nSPS) is 9.71. The molecule has 0 aliphatic heterocycles. The lowest BCUT2D eigenvalue weighted by molar-refractivity contribution is -0.137. The third kappa shape index (κ3) is 5.54. The second-order valence-electron chi connectivity index (χ2n) is 4.91. The van der Waals surface area contributed by atoms with E-state index < -0.39 is 5.97 Å². The highest BCUT2D eigenvalue weighted by Crippen LogP contribution is 2.08. The predicted molar refractivity (Wildman–Crippen MR) is 84.1 cm³/mol. The van der Waals surface area contributed by atoms with Crippen LogP contribution in [0.3, 0.4) is 0 Å². The Labute approximate surface area is 125 Å². The van der Waals surface area contributed by atoms with Gasteiger partial charge in [-0.05, 0) is 49.1 Å². The third-order valence-electron chi connectivity index (χ3n) is 3.18. The molecular weight excluding hydrogens is 260 g/mol. The van der Waals surface area contributed by atoms with Crippen LogP contribution in [0.25, 0.3) is 0 Å². The van der Waals surface area contributed by atoms with Crippen LogP contribution in [-0.2, 0) is 11.2 Å². The molecule has 0 bridgehead atoms. The van der Waals surface area contributed by atoms with Gasteiger partial charge in [0.05, 0.1) is 0 Å². The van der Waals surface area contributed by atoms with Gasteiger partial charge in [-0.3, -0.25) is 4.79 Å². The summed E-state index contributed by atoms with van der Waals surface area (Å²) in [4.78, 5) is 10.4. The van der Waals surface area contributed by atoms with E-state index in [1.807, 2.05) is 42.5 Å². The van der Waals surface area contributed by atoms with Gasteiger partial charge in [0.15, 0.2) is 0 Å². The molecule has 0 aliphatic rings. The van der Waals surface area contributed by atoms with Gasteiger partial charge < -0.3 is 5.11 Å². The van der Waals surface area contributed by atoms with E-state index >= 15 is 0 Å². The van der Waals surface area contributed by atoms with Gasteiger partial charge in [0.1, 0.15) is 0 Å². The number of aliphatic carboxylic acids is 1. The Morgan fingerprint density at radius 1 is 0.857 bits per heavy atom.